The molecule has 0 bridgehead atoms. The van der Waals surface area contributed by atoms with E-state index in [4.69, 9.17) is 16.3 Å². The van der Waals surface area contributed by atoms with Gasteiger partial charge in [-0.15, -0.1) is 5.10 Å². The molecule has 1 aromatic carbocycles. The highest BCUT2D eigenvalue weighted by molar-refractivity contribution is 7.91. The first kappa shape index (κ1) is 18.7. The van der Waals surface area contributed by atoms with Crippen molar-refractivity contribution in [1.82, 2.24) is 15.2 Å². The number of rotatable bonds is 6. The molecule has 0 aliphatic carbocycles. The van der Waals surface area contributed by atoms with Crippen LogP contribution in [0.3, 0.4) is 0 Å². The average molecular weight is 398 g/mol. The number of sulfone groups is 1. The molecule has 1 aliphatic heterocycles. The lowest BCUT2D eigenvalue weighted by Gasteiger charge is -2.27. The molecule has 3 rings (SSSR count). The fourth-order valence-corrected chi connectivity index (χ4v) is 4.98. The first-order chi connectivity index (χ1) is 12.4. The molecule has 2 heterocycles. The predicted octanol–water partition coefficient (Wildman–Crippen LogP) is 2.29. The molecule has 1 fully saturated rings. The Kier molecular flexibility index (Phi) is 5.47. The third-order valence-electron chi connectivity index (χ3n) is 4.24. The molecule has 0 radical (unpaired) electrons. The van der Waals surface area contributed by atoms with E-state index in [1.54, 1.807) is 31.5 Å². The van der Waals surface area contributed by atoms with Crippen molar-refractivity contribution in [2.45, 2.75) is 19.4 Å². The minimum absolute atomic E-state index is 0.0926. The van der Waals surface area contributed by atoms with E-state index in [-0.39, 0.29) is 17.5 Å². The Morgan fingerprint density at radius 3 is 2.85 bits per heavy atom. The van der Waals surface area contributed by atoms with Gasteiger partial charge in [0.1, 0.15) is 5.75 Å². The summed E-state index contributed by atoms with van der Waals surface area (Å²) in [6.45, 7) is 2.59. The monoisotopic (exact) mass is 397 g/mol. The van der Waals surface area contributed by atoms with Crippen LogP contribution in [0.5, 0.6) is 5.75 Å². The molecule has 1 atom stereocenters. The van der Waals surface area contributed by atoms with Crippen LogP contribution in [0.4, 0.5) is 17.5 Å². The molecule has 1 saturated heterocycles. The zero-order valence-electron chi connectivity index (χ0n) is 14.5. The van der Waals surface area contributed by atoms with Crippen LogP contribution in [0.15, 0.2) is 24.4 Å². The van der Waals surface area contributed by atoms with E-state index in [0.29, 0.717) is 41.2 Å². The number of aromatic nitrogens is 3. The number of nitrogens with one attached hydrogen (secondary N) is 1. The van der Waals surface area contributed by atoms with Crippen molar-refractivity contribution in [3.8, 4) is 5.75 Å². The van der Waals surface area contributed by atoms with Crippen LogP contribution in [-0.2, 0) is 9.84 Å². The van der Waals surface area contributed by atoms with Gasteiger partial charge >= 0.3 is 0 Å². The largest absolute Gasteiger partial charge is 0.495 e. The van der Waals surface area contributed by atoms with Gasteiger partial charge < -0.3 is 15.0 Å². The van der Waals surface area contributed by atoms with Crippen molar-refractivity contribution < 1.29 is 13.2 Å². The van der Waals surface area contributed by atoms with Gasteiger partial charge in [0.25, 0.3) is 0 Å². The normalized spacial score (nSPS) is 18.5. The van der Waals surface area contributed by atoms with Gasteiger partial charge in [-0.1, -0.05) is 11.6 Å². The van der Waals surface area contributed by atoms with E-state index >= 15 is 0 Å². The number of hydrogen-bond donors (Lipinski definition) is 1. The molecule has 10 heteroatoms. The first-order valence-electron chi connectivity index (χ1n) is 8.19. The van der Waals surface area contributed by atoms with Crippen LogP contribution in [0, 0.1) is 0 Å². The highest BCUT2D eigenvalue weighted by Crippen LogP contribution is 2.28. The fraction of sp³-hybridized carbons (Fsp3) is 0.438. The zero-order valence-corrected chi connectivity index (χ0v) is 16.1. The Morgan fingerprint density at radius 1 is 1.42 bits per heavy atom. The molecule has 1 unspecified atom stereocenters. The smallest absolute Gasteiger partial charge is 0.249 e. The van der Waals surface area contributed by atoms with Gasteiger partial charge in [0.05, 0.1) is 29.8 Å². The maximum absolute atomic E-state index is 11.8. The summed E-state index contributed by atoms with van der Waals surface area (Å²) in [6.07, 6.45) is 2.14. The van der Waals surface area contributed by atoms with Gasteiger partial charge in [0, 0.05) is 18.3 Å². The minimum Gasteiger partial charge on any atom is -0.495 e. The minimum atomic E-state index is -2.98. The second kappa shape index (κ2) is 7.63. The van der Waals surface area contributed by atoms with Gasteiger partial charge in [-0.2, -0.15) is 10.1 Å². The average Bonchev–Trinajstić information content (AvgIpc) is 2.96. The van der Waals surface area contributed by atoms with Gasteiger partial charge in [-0.25, -0.2) is 8.42 Å². The topological polar surface area (TPSA) is 97.3 Å². The van der Waals surface area contributed by atoms with Crippen LogP contribution >= 0.6 is 11.6 Å². The first-order valence-corrected chi connectivity index (χ1v) is 10.4. The quantitative estimate of drug-likeness (QED) is 0.792. The summed E-state index contributed by atoms with van der Waals surface area (Å²) in [5.41, 5.74) is 0.696. The van der Waals surface area contributed by atoms with Gasteiger partial charge in [-0.05, 0) is 31.5 Å². The third kappa shape index (κ3) is 4.16. The number of nitrogens with zero attached hydrogens (tertiary/aromatic N) is 4. The fourth-order valence-electron chi connectivity index (χ4n) is 2.99. The highest BCUT2D eigenvalue weighted by Gasteiger charge is 2.32. The molecule has 1 aliphatic rings. The van der Waals surface area contributed by atoms with Crippen LogP contribution in [0.25, 0.3) is 0 Å². The Labute approximate surface area is 157 Å². The molecular formula is C16H20ClN5O3S. The van der Waals surface area contributed by atoms with Gasteiger partial charge in [0.2, 0.25) is 5.95 Å². The number of ether oxygens (including phenoxy) is 1. The SMILES string of the molecule is CCN(c1cnnc(Nc2ccc(OC)c(Cl)c2)n1)C1CCS(=O)(=O)C1. The van der Waals surface area contributed by atoms with Crippen LogP contribution in [-0.4, -0.2) is 54.8 Å². The molecule has 2 aromatic rings. The van der Waals surface area contributed by atoms with Crippen LogP contribution < -0.4 is 15.0 Å². The van der Waals surface area contributed by atoms with E-state index in [9.17, 15) is 8.42 Å². The lowest BCUT2D eigenvalue weighted by molar-refractivity contribution is 0.415. The maximum atomic E-state index is 11.8. The van der Waals surface area contributed by atoms with Crippen molar-refractivity contribution in [3.05, 3.63) is 29.4 Å². The molecule has 0 amide bonds. The summed E-state index contributed by atoms with van der Waals surface area (Å²) >= 11 is 6.13. The van der Waals surface area contributed by atoms with E-state index in [1.807, 2.05) is 11.8 Å². The standard InChI is InChI=1S/C16H20ClN5O3S/c1-3-22(12-6-7-26(23,24)10-12)15-9-18-21-16(20-15)19-11-4-5-14(25-2)13(17)8-11/h4-5,8-9,12H,3,6-7,10H2,1-2H3,(H,19,20,21). The summed E-state index contributed by atoms with van der Waals surface area (Å²) in [4.78, 5) is 6.43. The number of halogens is 1. The van der Waals surface area contributed by atoms with E-state index in [0.717, 1.165) is 0 Å². The van der Waals surface area contributed by atoms with Crippen molar-refractivity contribution in [1.29, 1.82) is 0 Å². The molecule has 26 heavy (non-hydrogen) atoms. The molecular weight excluding hydrogens is 378 g/mol. The summed E-state index contributed by atoms with van der Waals surface area (Å²) in [5.74, 6) is 1.82. The van der Waals surface area contributed by atoms with Crippen LogP contribution in [0.1, 0.15) is 13.3 Å². The van der Waals surface area contributed by atoms with Crippen molar-refractivity contribution in [2.24, 2.45) is 0 Å². The molecule has 1 aromatic heterocycles. The maximum Gasteiger partial charge on any atom is 0.249 e. The Hall–Kier alpha value is -2.13. The molecule has 0 spiro atoms. The van der Waals surface area contributed by atoms with Crippen molar-refractivity contribution >= 4 is 38.9 Å². The Bertz CT molecular complexity index is 893. The third-order valence-corrected chi connectivity index (χ3v) is 6.28. The highest BCUT2D eigenvalue weighted by atomic mass is 35.5. The number of benzene rings is 1. The van der Waals surface area contributed by atoms with Crippen molar-refractivity contribution in [3.63, 3.8) is 0 Å². The molecule has 0 saturated carbocycles. The van der Waals surface area contributed by atoms with Gasteiger partial charge in [0.15, 0.2) is 15.7 Å². The number of hydrogen-bond acceptors (Lipinski definition) is 8. The lowest BCUT2D eigenvalue weighted by atomic mass is 10.2. The Balaban J connectivity index is 1.80. The zero-order chi connectivity index (χ0) is 18.7. The second-order valence-corrected chi connectivity index (χ2v) is 8.59. The second-order valence-electron chi connectivity index (χ2n) is 5.96. The molecule has 8 nitrogen and oxygen atoms in total. The number of methoxy groups -OCH3 is 1. The summed E-state index contributed by atoms with van der Waals surface area (Å²) in [5, 5.41) is 11.5. The van der Waals surface area contributed by atoms with Crippen LogP contribution in [0.2, 0.25) is 5.02 Å². The lowest BCUT2D eigenvalue weighted by Crippen LogP contribution is -2.37. The van der Waals surface area contributed by atoms with E-state index in [1.165, 1.54) is 0 Å². The van der Waals surface area contributed by atoms with E-state index in [2.05, 4.69) is 20.5 Å². The number of anilines is 3. The Morgan fingerprint density at radius 2 is 2.23 bits per heavy atom. The summed E-state index contributed by atoms with van der Waals surface area (Å²) in [7, 11) is -1.43. The van der Waals surface area contributed by atoms with Crippen molar-refractivity contribution in [2.75, 3.05) is 35.4 Å². The van der Waals surface area contributed by atoms with E-state index < -0.39 is 9.84 Å². The molecule has 1 N–H and O–H groups in total. The molecule has 140 valence electrons. The van der Waals surface area contributed by atoms with Gasteiger partial charge in [-0.3, -0.25) is 0 Å². The predicted molar refractivity (Wildman–Crippen MR) is 101 cm³/mol. The summed E-state index contributed by atoms with van der Waals surface area (Å²) < 4.78 is 28.7. The summed E-state index contributed by atoms with van der Waals surface area (Å²) in [6, 6.07) is 5.15.